The molecule has 0 saturated carbocycles. The summed E-state index contributed by atoms with van der Waals surface area (Å²) in [7, 11) is 1.50. The molecule has 0 unspecified atom stereocenters. The van der Waals surface area contributed by atoms with E-state index in [1.807, 2.05) is 17.0 Å². The number of aryl methyl sites for hydroxylation is 1. The van der Waals surface area contributed by atoms with E-state index in [2.05, 4.69) is 10.1 Å². The number of pyridine rings is 2. The Hall–Kier alpha value is -3.20. The van der Waals surface area contributed by atoms with Gasteiger partial charge in [-0.3, -0.25) is 4.40 Å². The number of hydrogen-bond acceptors (Lipinski definition) is 6. The lowest BCUT2D eigenvalue weighted by atomic mass is 10.0. The highest BCUT2D eigenvalue weighted by molar-refractivity contribution is 5.88. The van der Waals surface area contributed by atoms with Gasteiger partial charge in [0.2, 0.25) is 0 Å². The number of fused-ring (bicyclic) bond motifs is 2. The van der Waals surface area contributed by atoms with Crippen molar-refractivity contribution in [3.8, 4) is 0 Å². The minimum Gasteiger partial charge on any atom is -0.478 e. The zero-order valence-electron chi connectivity index (χ0n) is 14.1. The molecule has 4 rings (SSSR count). The number of nitrogens with zero attached hydrogens (tertiary/aromatic N) is 5. The Morgan fingerprint density at radius 2 is 2.23 bits per heavy atom. The first-order chi connectivity index (χ1) is 12.6. The molecule has 3 aromatic heterocycles. The third kappa shape index (κ3) is 2.62. The van der Waals surface area contributed by atoms with Crippen molar-refractivity contribution < 1.29 is 14.6 Å². The van der Waals surface area contributed by atoms with Gasteiger partial charge in [0, 0.05) is 37.8 Å². The van der Waals surface area contributed by atoms with E-state index in [4.69, 9.17) is 9.84 Å². The summed E-state index contributed by atoms with van der Waals surface area (Å²) in [6.45, 7) is 0.841. The fourth-order valence-electron chi connectivity index (χ4n) is 3.21. The van der Waals surface area contributed by atoms with Gasteiger partial charge in [-0.25, -0.2) is 14.6 Å². The Balaban J connectivity index is 1.77. The lowest BCUT2D eigenvalue weighted by Crippen LogP contribution is -2.26. The number of carboxylic acids is 1. The maximum absolute atomic E-state index is 12.2. The van der Waals surface area contributed by atoms with E-state index in [1.54, 1.807) is 12.3 Å². The van der Waals surface area contributed by atoms with Crippen LogP contribution in [0.25, 0.3) is 5.65 Å². The molecule has 0 saturated heterocycles. The normalized spacial score (nSPS) is 13.8. The largest absolute Gasteiger partial charge is 0.478 e. The molecule has 4 heterocycles. The molecule has 0 radical (unpaired) electrons. The quantitative estimate of drug-likeness (QED) is 0.752. The van der Waals surface area contributed by atoms with E-state index in [0.717, 1.165) is 36.5 Å². The summed E-state index contributed by atoms with van der Waals surface area (Å²) in [6.07, 6.45) is 4.71. The first kappa shape index (κ1) is 16.3. The van der Waals surface area contributed by atoms with E-state index < -0.39 is 5.97 Å². The first-order valence-corrected chi connectivity index (χ1v) is 8.16. The molecule has 0 aromatic carbocycles. The fourth-order valence-corrected chi connectivity index (χ4v) is 3.21. The van der Waals surface area contributed by atoms with Crippen molar-refractivity contribution in [2.24, 2.45) is 0 Å². The van der Waals surface area contributed by atoms with Gasteiger partial charge in [0.05, 0.1) is 5.56 Å². The van der Waals surface area contributed by atoms with Crippen LogP contribution in [0.5, 0.6) is 0 Å². The Kier molecular flexibility index (Phi) is 3.92. The van der Waals surface area contributed by atoms with Crippen molar-refractivity contribution in [3.05, 3.63) is 52.2 Å². The van der Waals surface area contributed by atoms with E-state index >= 15 is 0 Å². The SMILES string of the molecule is COCn1nc2cc(N3CCCc4cc(C(=O)O)cnc43)ccn2c1=O. The van der Waals surface area contributed by atoms with Gasteiger partial charge in [-0.05, 0) is 30.5 Å². The van der Waals surface area contributed by atoms with Crippen LogP contribution in [0.15, 0.2) is 35.4 Å². The molecular formula is C17H17N5O4. The topological polar surface area (TPSA) is 102 Å². The van der Waals surface area contributed by atoms with Crippen molar-refractivity contribution in [3.63, 3.8) is 0 Å². The zero-order valence-corrected chi connectivity index (χ0v) is 14.1. The van der Waals surface area contributed by atoms with Gasteiger partial charge in [0.25, 0.3) is 0 Å². The van der Waals surface area contributed by atoms with E-state index in [1.165, 1.54) is 22.4 Å². The molecule has 0 amide bonds. The van der Waals surface area contributed by atoms with E-state index in [0.29, 0.717) is 5.65 Å². The number of aromatic nitrogens is 4. The van der Waals surface area contributed by atoms with E-state index in [-0.39, 0.29) is 18.0 Å². The van der Waals surface area contributed by atoms with Crippen LogP contribution in [0.3, 0.4) is 0 Å². The molecule has 1 N–H and O–H groups in total. The number of carboxylic acid groups (broad SMARTS) is 1. The number of hydrogen-bond donors (Lipinski definition) is 1. The molecule has 1 aliphatic heterocycles. The highest BCUT2D eigenvalue weighted by atomic mass is 16.5. The summed E-state index contributed by atoms with van der Waals surface area (Å²) >= 11 is 0. The zero-order chi connectivity index (χ0) is 18.3. The second-order valence-electron chi connectivity index (χ2n) is 6.08. The van der Waals surface area contributed by atoms with Crippen LogP contribution in [0, 0.1) is 0 Å². The van der Waals surface area contributed by atoms with Crippen LogP contribution >= 0.6 is 0 Å². The minimum absolute atomic E-state index is 0.0852. The van der Waals surface area contributed by atoms with Crippen LogP contribution in [-0.2, 0) is 17.9 Å². The predicted octanol–water partition coefficient (Wildman–Crippen LogP) is 1.28. The lowest BCUT2D eigenvalue weighted by Gasteiger charge is -2.30. The molecule has 134 valence electrons. The molecule has 0 aliphatic carbocycles. The van der Waals surface area contributed by atoms with Crippen molar-refractivity contribution in [1.82, 2.24) is 19.2 Å². The maximum atomic E-state index is 12.2. The van der Waals surface area contributed by atoms with Crippen LogP contribution in [0.4, 0.5) is 11.5 Å². The number of carbonyl (C=O) groups is 1. The summed E-state index contributed by atoms with van der Waals surface area (Å²) in [5.74, 6) is -0.244. The standard InChI is InChI=1S/C17H17N5O4/c1-26-10-22-17(25)21-6-4-13(8-14(21)19-22)20-5-2-3-11-7-12(16(23)24)9-18-15(11)20/h4,6-9H,2-3,5,10H2,1H3,(H,23,24). The summed E-state index contributed by atoms with van der Waals surface area (Å²) in [4.78, 5) is 29.8. The Labute approximate surface area is 148 Å². The molecule has 0 fully saturated rings. The van der Waals surface area contributed by atoms with Crippen molar-refractivity contribution >= 4 is 23.1 Å². The number of methoxy groups -OCH3 is 1. The van der Waals surface area contributed by atoms with Crippen LogP contribution in [-0.4, -0.2) is 43.9 Å². The molecule has 9 nitrogen and oxygen atoms in total. The summed E-state index contributed by atoms with van der Waals surface area (Å²) in [6, 6.07) is 5.32. The second-order valence-corrected chi connectivity index (χ2v) is 6.08. The second kappa shape index (κ2) is 6.26. The van der Waals surface area contributed by atoms with Crippen LogP contribution < -0.4 is 10.6 Å². The van der Waals surface area contributed by atoms with Crippen molar-refractivity contribution in [1.29, 1.82) is 0 Å². The van der Waals surface area contributed by atoms with E-state index in [9.17, 15) is 9.59 Å². The number of aromatic carboxylic acids is 1. The van der Waals surface area contributed by atoms with Gasteiger partial charge in [0.15, 0.2) is 5.65 Å². The smallest absolute Gasteiger partial charge is 0.352 e. The average molecular weight is 355 g/mol. The van der Waals surface area contributed by atoms with Gasteiger partial charge >= 0.3 is 11.7 Å². The Morgan fingerprint density at radius 3 is 3.00 bits per heavy atom. The van der Waals surface area contributed by atoms with Gasteiger partial charge in [-0.2, -0.15) is 4.68 Å². The average Bonchev–Trinajstić information content (AvgIpc) is 2.96. The summed E-state index contributed by atoms with van der Waals surface area (Å²) < 4.78 is 7.68. The Bertz CT molecular complexity index is 1050. The molecule has 3 aromatic rings. The maximum Gasteiger partial charge on any atom is 0.352 e. The molecule has 0 bridgehead atoms. The summed E-state index contributed by atoms with van der Waals surface area (Å²) in [5, 5.41) is 13.4. The summed E-state index contributed by atoms with van der Waals surface area (Å²) in [5.41, 5.74) is 2.18. The first-order valence-electron chi connectivity index (χ1n) is 8.16. The van der Waals surface area contributed by atoms with Gasteiger partial charge in [-0.15, -0.1) is 5.10 Å². The predicted molar refractivity (Wildman–Crippen MR) is 93.0 cm³/mol. The third-order valence-corrected chi connectivity index (χ3v) is 4.40. The fraction of sp³-hybridized carbons (Fsp3) is 0.294. The third-order valence-electron chi connectivity index (χ3n) is 4.40. The van der Waals surface area contributed by atoms with Crippen molar-refractivity contribution in [2.45, 2.75) is 19.6 Å². The minimum atomic E-state index is -0.984. The van der Waals surface area contributed by atoms with Gasteiger partial charge in [-0.1, -0.05) is 0 Å². The molecule has 9 heteroatoms. The molecule has 1 aliphatic rings. The number of anilines is 2. The monoisotopic (exact) mass is 355 g/mol. The molecular weight excluding hydrogens is 338 g/mol. The molecule has 26 heavy (non-hydrogen) atoms. The number of ether oxygens (including phenoxy) is 1. The molecule has 0 spiro atoms. The van der Waals surface area contributed by atoms with Crippen LogP contribution in [0.2, 0.25) is 0 Å². The van der Waals surface area contributed by atoms with Gasteiger partial charge in [0.1, 0.15) is 12.5 Å². The number of rotatable bonds is 4. The van der Waals surface area contributed by atoms with Crippen LogP contribution in [0.1, 0.15) is 22.3 Å². The van der Waals surface area contributed by atoms with Gasteiger partial charge < -0.3 is 14.7 Å². The molecule has 0 atom stereocenters. The highest BCUT2D eigenvalue weighted by Crippen LogP contribution is 2.32. The van der Waals surface area contributed by atoms with Crippen molar-refractivity contribution in [2.75, 3.05) is 18.6 Å². The lowest BCUT2D eigenvalue weighted by molar-refractivity contribution is 0.0696. The highest BCUT2D eigenvalue weighted by Gasteiger charge is 2.22. The Morgan fingerprint density at radius 1 is 1.38 bits per heavy atom.